The molecule has 0 aliphatic carbocycles. The summed E-state index contributed by atoms with van der Waals surface area (Å²) in [6.07, 6.45) is -1.62. The molecule has 0 aromatic rings. The van der Waals surface area contributed by atoms with Gasteiger partial charge in [0.1, 0.15) is 12.1 Å². The van der Waals surface area contributed by atoms with Crippen molar-refractivity contribution in [2.75, 3.05) is 26.2 Å². The Labute approximate surface area is 102 Å². The molecule has 0 aromatic heterocycles. The quantitative estimate of drug-likeness (QED) is 0.656. The molecule has 2 heterocycles. The number of alkyl halides is 2. The fourth-order valence-corrected chi connectivity index (χ4v) is 2.22. The van der Waals surface area contributed by atoms with Gasteiger partial charge in [-0.15, -0.1) is 0 Å². The molecule has 102 valence electrons. The molecule has 2 unspecified atom stereocenters. The number of ether oxygens (including phenoxy) is 1. The highest BCUT2D eigenvalue weighted by molar-refractivity contribution is 5.79. The number of hydrogen-bond donors (Lipinski definition) is 2. The second-order valence-electron chi connectivity index (χ2n) is 4.49. The van der Waals surface area contributed by atoms with Gasteiger partial charge in [0.15, 0.2) is 0 Å². The molecular weight excluding hydrogens is 250 g/mol. The Kier molecular flexibility index (Phi) is 3.49. The van der Waals surface area contributed by atoms with E-state index in [1.807, 2.05) is 0 Å². The van der Waals surface area contributed by atoms with Crippen molar-refractivity contribution in [1.29, 1.82) is 0 Å². The van der Waals surface area contributed by atoms with Crippen LogP contribution in [-0.2, 0) is 14.3 Å². The fourth-order valence-electron chi connectivity index (χ4n) is 2.22. The summed E-state index contributed by atoms with van der Waals surface area (Å²) in [4.78, 5) is 23.4. The number of carbonyl (C=O) groups is 2. The number of esters is 1. The van der Waals surface area contributed by atoms with E-state index < -0.39 is 36.4 Å². The van der Waals surface area contributed by atoms with E-state index in [9.17, 15) is 18.4 Å². The van der Waals surface area contributed by atoms with Crippen molar-refractivity contribution in [3.63, 3.8) is 0 Å². The van der Waals surface area contributed by atoms with Gasteiger partial charge in [-0.2, -0.15) is 8.78 Å². The van der Waals surface area contributed by atoms with Crippen molar-refractivity contribution in [3.8, 4) is 0 Å². The third-order valence-electron chi connectivity index (χ3n) is 3.13. The van der Waals surface area contributed by atoms with Crippen LogP contribution in [0, 0.1) is 0 Å². The van der Waals surface area contributed by atoms with Gasteiger partial charge in [0.05, 0.1) is 6.42 Å². The molecule has 2 aliphatic rings. The van der Waals surface area contributed by atoms with Crippen LogP contribution in [0.1, 0.15) is 6.42 Å². The number of piperazine rings is 1. The van der Waals surface area contributed by atoms with Crippen LogP contribution in [0.3, 0.4) is 0 Å². The Morgan fingerprint density at radius 1 is 1.61 bits per heavy atom. The van der Waals surface area contributed by atoms with Crippen LogP contribution < -0.4 is 5.32 Å². The summed E-state index contributed by atoms with van der Waals surface area (Å²) in [5.74, 6) is -5.98. The van der Waals surface area contributed by atoms with Gasteiger partial charge in [0.25, 0.3) is 0 Å². The number of carboxylic acids is 1. The number of cyclic esters (lactones) is 1. The zero-order valence-electron chi connectivity index (χ0n) is 9.57. The predicted molar refractivity (Wildman–Crippen MR) is 55.3 cm³/mol. The van der Waals surface area contributed by atoms with E-state index in [0.29, 0.717) is 13.1 Å². The average molecular weight is 264 g/mol. The second-order valence-corrected chi connectivity index (χ2v) is 4.49. The Balaban J connectivity index is 1.96. The van der Waals surface area contributed by atoms with Crippen LogP contribution in [0.4, 0.5) is 8.78 Å². The molecule has 0 saturated carbocycles. The summed E-state index contributed by atoms with van der Waals surface area (Å²) in [5, 5.41) is 11.9. The summed E-state index contributed by atoms with van der Waals surface area (Å²) in [6, 6.07) is -0.772. The third kappa shape index (κ3) is 2.59. The highest BCUT2D eigenvalue weighted by Crippen LogP contribution is 2.31. The molecule has 2 atom stereocenters. The maximum absolute atomic E-state index is 13.0. The van der Waals surface area contributed by atoms with Crippen molar-refractivity contribution in [2.45, 2.75) is 24.5 Å². The van der Waals surface area contributed by atoms with Crippen molar-refractivity contribution < 1.29 is 28.2 Å². The Morgan fingerprint density at radius 3 is 2.89 bits per heavy atom. The number of carboxylic acid groups (broad SMARTS) is 1. The van der Waals surface area contributed by atoms with Crippen LogP contribution >= 0.6 is 0 Å². The Hall–Kier alpha value is -1.28. The number of nitrogens with one attached hydrogen (secondary N) is 1. The largest absolute Gasteiger partial charge is 0.480 e. The van der Waals surface area contributed by atoms with Gasteiger partial charge in [0, 0.05) is 26.2 Å². The molecular formula is C10H14F2N2O4. The molecule has 2 saturated heterocycles. The number of aliphatic carboxylic acids is 1. The fraction of sp³-hybridized carbons (Fsp3) is 0.800. The Bertz CT molecular complexity index is 364. The van der Waals surface area contributed by atoms with E-state index in [4.69, 9.17) is 5.11 Å². The first-order chi connectivity index (χ1) is 8.40. The van der Waals surface area contributed by atoms with Crippen LogP contribution in [-0.4, -0.2) is 66.2 Å². The molecule has 8 heteroatoms. The topological polar surface area (TPSA) is 78.9 Å². The molecule has 0 spiro atoms. The number of carbonyl (C=O) groups excluding carboxylic acids is 1. The maximum Gasteiger partial charge on any atom is 0.377 e. The lowest BCUT2D eigenvalue weighted by atomic mass is 10.1. The van der Waals surface area contributed by atoms with Crippen molar-refractivity contribution in [1.82, 2.24) is 10.2 Å². The molecule has 2 aliphatic heterocycles. The van der Waals surface area contributed by atoms with Crippen LogP contribution in [0.2, 0.25) is 0 Å². The minimum atomic E-state index is -3.45. The molecule has 6 nitrogen and oxygen atoms in total. The first kappa shape index (κ1) is 13.2. The smallest absolute Gasteiger partial charge is 0.377 e. The van der Waals surface area contributed by atoms with E-state index in [1.54, 1.807) is 4.90 Å². The van der Waals surface area contributed by atoms with Crippen LogP contribution in [0.15, 0.2) is 0 Å². The Morgan fingerprint density at radius 2 is 2.33 bits per heavy atom. The normalized spacial score (nSPS) is 32.2. The SMILES string of the molecule is O=C(O)C1CNCCN1CC1CC(F)(F)C(=O)O1. The maximum atomic E-state index is 13.0. The summed E-state index contributed by atoms with van der Waals surface area (Å²) < 4.78 is 30.5. The van der Waals surface area contributed by atoms with Crippen molar-refractivity contribution in [3.05, 3.63) is 0 Å². The molecule has 2 N–H and O–H groups in total. The molecule has 18 heavy (non-hydrogen) atoms. The number of hydrogen-bond acceptors (Lipinski definition) is 5. The van der Waals surface area contributed by atoms with Gasteiger partial charge in [-0.1, -0.05) is 0 Å². The highest BCUT2D eigenvalue weighted by Gasteiger charge is 2.51. The summed E-state index contributed by atoms with van der Waals surface area (Å²) in [6.45, 7) is 1.30. The number of rotatable bonds is 3. The zero-order valence-corrected chi connectivity index (χ0v) is 9.57. The van der Waals surface area contributed by atoms with E-state index in [-0.39, 0.29) is 13.1 Å². The predicted octanol–water partition coefficient (Wildman–Crippen LogP) is -0.704. The molecule has 0 amide bonds. The molecule has 0 bridgehead atoms. The molecule has 0 radical (unpaired) electrons. The lowest BCUT2D eigenvalue weighted by Crippen LogP contribution is -2.56. The molecule has 0 aromatic carbocycles. The van der Waals surface area contributed by atoms with Gasteiger partial charge >= 0.3 is 17.9 Å². The van der Waals surface area contributed by atoms with E-state index >= 15 is 0 Å². The highest BCUT2D eigenvalue weighted by atomic mass is 19.3. The van der Waals surface area contributed by atoms with E-state index in [0.717, 1.165) is 0 Å². The lowest BCUT2D eigenvalue weighted by Gasteiger charge is -2.34. The van der Waals surface area contributed by atoms with Gasteiger partial charge in [0.2, 0.25) is 0 Å². The first-order valence-corrected chi connectivity index (χ1v) is 5.66. The molecule has 2 rings (SSSR count). The van der Waals surface area contributed by atoms with E-state index in [2.05, 4.69) is 10.1 Å². The van der Waals surface area contributed by atoms with Crippen LogP contribution in [0.5, 0.6) is 0 Å². The van der Waals surface area contributed by atoms with Crippen molar-refractivity contribution in [2.24, 2.45) is 0 Å². The average Bonchev–Trinajstić information content (AvgIpc) is 2.52. The standard InChI is InChI=1S/C10H14F2N2O4/c11-10(12)3-6(18-9(10)17)5-14-2-1-13-4-7(14)8(15)16/h6-7,13H,1-5H2,(H,15,16). The third-order valence-corrected chi connectivity index (χ3v) is 3.13. The number of halogens is 2. The van der Waals surface area contributed by atoms with Gasteiger partial charge in [-0.05, 0) is 0 Å². The molecule has 2 fully saturated rings. The minimum Gasteiger partial charge on any atom is -0.480 e. The van der Waals surface area contributed by atoms with Gasteiger partial charge in [-0.25, -0.2) is 4.79 Å². The minimum absolute atomic E-state index is 0.0278. The number of nitrogens with zero attached hydrogens (tertiary/aromatic N) is 1. The summed E-state index contributed by atoms with van der Waals surface area (Å²) in [7, 11) is 0. The van der Waals surface area contributed by atoms with Crippen LogP contribution in [0.25, 0.3) is 0 Å². The van der Waals surface area contributed by atoms with Crippen molar-refractivity contribution >= 4 is 11.9 Å². The summed E-state index contributed by atoms with van der Waals surface area (Å²) in [5.41, 5.74) is 0. The van der Waals surface area contributed by atoms with Gasteiger partial charge < -0.3 is 15.2 Å². The lowest BCUT2D eigenvalue weighted by molar-refractivity contribution is -0.159. The first-order valence-electron chi connectivity index (χ1n) is 5.66. The summed E-state index contributed by atoms with van der Waals surface area (Å²) >= 11 is 0. The van der Waals surface area contributed by atoms with Gasteiger partial charge in [-0.3, -0.25) is 9.69 Å². The monoisotopic (exact) mass is 264 g/mol. The second kappa shape index (κ2) is 4.77. The zero-order chi connectivity index (χ0) is 13.3. The van der Waals surface area contributed by atoms with E-state index in [1.165, 1.54) is 0 Å².